The molecule has 1 aromatic rings. The lowest BCUT2D eigenvalue weighted by molar-refractivity contribution is 0.0660. The molecule has 1 saturated heterocycles. The fraction of sp³-hybridized carbons (Fsp3) is 0.708. The van der Waals surface area contributed by atoms with Gasteiger partial charge in [0, 0.05) is 50.9 Å². The summed E-state index contributed by atoms with van der Waals surface area (Å²) in [5, 5.41) is 7.05. The van der Waals surface area contributed by atoms with Crippen molar-refractivity contribution in [3.05, 3.63) is 23.8 Å². The van der Waals surface area contributed by atoms with E-state index in [1.54, 1.807) is 20.3 Å². The number of hydrogen-bond donors (Lipinski definition) is 2. The van der Waals surface area contributed by atoms with E-state index in [9.17, 15) is 4.79 Å². The van der Waals surface area contributed by atoms with Gasteiger partial charge in [0.15, 0.2) is 11.5 Å². The van der Waals surface area contributed by atoms with Gasteiger partial charge in [-0.25, -0.2) is 0 Å². The van der Waals surface area contributed by atoms with Gasteiger partial charge < -0.3 is 29.7 Å². The fourth-order valence-electron chi connectivity index (χ4n) is 3.88. The highest BCUT2D eigenvalue weighted by atomic mass is 16.5. The topological polar surface area (TPSA) is 72.1 Å². The fourth-order valence-corrected chi connectivity index (χ4v) is 3.88. The molecule has 2 N–H and O–H groups in total. The zero-order chi connectivity index (χ0) is 22.8. The summed E-state index contributed by atoms with van der Waals surface area (Å²) in [7, 11) is 3.28. The van der Waals surface area contributed by atoms with Crippen molar-refractivity contribution < 1.29 is 19.0 Å². The molecule has 1 aromatic carbocycles. The molecule has 1 aliphatic heterocycles. The lowest BCUT2D eigenvalue weighted by atomic mass is 9.94. The highest BCUT2D eigenvalue weighted by molar-refractivity contribution is 5.95. The molecule has 1 amide bonds. The van der Waals surface area contributed by atoms with Crippen molar-refractivity contribution in [2.45, 2.75) is 46.2 Å². The Morgan fingerprint density at radius 2 is 1.87 bits per heavy atom. The Balaban J connectivity index is 2.11. The normalized spacial score (nSPS) is 18.6. The van der Waals surface area contributed by atoms with Gasteiger partial charge in [0.25, 0.3) is 5.91 Å². The summed E-state index contributed by atoms with van der Waals surface area (Å²) in [6.07, 6.45) is 0.774. The molecular weight excluding hydrogens is 394 g/mol. The van der Waals surface area contributed by atoms with Crippen LogP contribution in [0.4, 0.5) is 0 Å². The molecule has 0 aromatic heterocycles. The zero-order valence-corrected chi connectivity index (χ0v) is 20.1. The van der Waals surface area contributed by atoms with Gasteiger partial charge in [-0.05, 0) is 57.0 Å². The van der Waals surface area contributed by atoms with Crippen molar-refractivity contribution in [1.82, 2.24) is 15.5 Å². The summed E-state index contributed by atoms with van der Waals surface area (Å²) in [4.78, 5) is 15.4. The first-order valence-corrected chi connectivity index (χ1v) is 11.4. The van der Waals surface area contributed by atoms with E-state index in [1.807, 2.05) is 17.0 Å². The summed E-state index contributed by atoms with van der Waals surface area (Å²) in [5.74, 6) is 2.20. The molecule has 7 heteroatoms. The molecule has 1 heterocycles. The van der Waals surface area contributed by atoms with Crippen LogP contribution in [0.25, 0.3) is 0 Å². The summed E-state index contributed by atoms with van der Waals surface area (Å²) in [6, 6.07) is 6.01. The van der Waals surface area contributed by atoms with Crippen LogP contribution in [0.2, 0.25) is 0 Å². The van der Waals surface area contributed by atoms with Crippen molar-refractivity contribution in [3.63, 3.8) is 0 Å². The molecule has 0 aliphatic carbocycles. The van der Waals surface area contributed by atoms with Gasteiger partial charge >= 0.3 is 0 Å². The number of carbonyl (C=O) groups excluding carboxylic acids is 1. The van der Waals surface area contributed by atoms with E-state index >= 15 is 0 Å². The third kappa shape index (κ3) is 7.66. The smallest absolute Gasteiger partial charge is 0.254 e. The van der Waals surface area contributed by atoms with Crippen molar-refractivity contribution in [2.75, 3.05) is 53.6 Å². The van der Waals surface area contributed by atoms with Crippen LogP contribution in [0.1, 0.15) is 44.5 Å². The van der Waals surface area contributed by atoms with Crippen LogP contribution in [0.15, 0.2) is 18.2 Å². The Morgan fingerprint density at radius 3 is 2.52 bits per heavy atom. The average Bonchev–Trinajstić information content (AvgIpc) is 3.19. The first-order chi connectivity index (χ1) is 14.9. The van der Waals surface area contributed by atoms with Crippen molar-refractivity contribution in [1.29, 1.82) is 0 Å². The van der Waals surface area contributed by atoms with Crippen LogP contribution in [-0.4, -0.2) is 76.5 Å². The zero-order valence-electron chi connectivity index (χ0n) is 20.1. The van der Waals surface area contributed by atoms with Crippen LogP contribution in [0, 0.1) is 11.8 Å². The summed E-state index contributed by atoms with van der Waals surface area (Å²) < 4.78 is 16.4. The maximum absolute atomic E-state index is 13.4. The van der Waals surface area contributed by atoms with E-state index in [0.717, 1.165) is 32.6 Å². The molecule has 0 saturated carbocycles. The van der Waals surface area contributed by atoms with Gasteiger partial charge in [-0.2, -0.15) is 0 Å². The molecule has 31 heavy (non-hydrogen) atoms. The molecular formula is C24H41N3O4. The Labute approximate surface area is 187 Å². The van der Waals surface area contributed by atoms with E-state index in [2.05, 4.69) is 38.3 Å². The lowest BCUT2D eigenvalue weighted by Crippen LogP contribution is -2.43. The summed E-state index contributed by atoms with van der Waals surface area (Å²) in [6.45, 7) is 13.3. The molecule has 1 fully saturated rings. The van der Waals surface area contributed by atoms with Gasteiger partial charge in [0.2, 0.25) is 0 Å². The minimum Gasteiger partial charge on any atom is -0.493 e. The van der Waals surface area contributed by atoms with E-state index in [1.165, 1.54) is 0 Å². The number of nitrogens with zero attached hydrogens (tertiary/aromatic N) is 1. The van der Waals surface area contributed by atoms with Crippen molar-refractivity contribution in [3.8, 4) is 11.5 Å². The third-order valence-corrected chi connectivity index (χ3v) is 5.74. The molecule has 0 spiro atoms. The van der Waals surface area contributed by atoms with Crippen LogP contribution < -0.4 is 20.1 Å². The minimum absolute atomic E-state index is 0.0295. The SMILES string of the molecule is COCCCOc1cc(C(=O)N(C[C@@H]2CNC[C@H]2CNC(C)C)C(C)C)ccc1OC. The van der Waals surface area contributed by atoms with E-state index < -0.39 is 0 Å². The maximum atomic E-state index is 13.4. The number of benzene rings is 1. The first kappa shape index (κ1) is 25.4. The van der Waals surface area contributed by atoms with Gasteiger partial charge in [0.05, 0.1) is 13.7 Å². The van der Waals surface area contributed by atoms with Crippen molar-refractivity contribution in [2.24, 2.45) is 11.8 Å². The number of hydrogen-bond acceptors (Lipinski definition) is 6. The Bertz CT molecular complexity index is 681. The van der Waals surface area contributed by atoms with Gasteiger partial charge in [-0.1, -0.05) is 13.8 Å². The second kappa shape index (κ2) is 12.9. The Kier molecular flexibility index (Phi) is 10.6. The predicted octanol–water partition coefficient (Wildman–Crippen LogP) is 2.79. The van der Waals surface area contributed by atoms with Gasteiger partial charge in [-0.15, -0.1) is 0 Å². The van der Waals surface area contributed by atoms with Crippen LogP contribution in [0.5, 0.6) is 11.5 Å². The molecule has 2 rings (SSSR count). The number of nitrogens with one attached hydrogen (secondary N) is 2. The van der Waals surface area contributed by atoms with Gasteiger partial charge in [0.1, 0.15) is 0 Å². The molecule has 0 bridgehead atoms. The molecule has 0 unspecified atom stereocenters. The predicted molar refractivity (Wildman–Crippen MR) is 124 cm³/mol. The molecule has 0 radical (unpaired) electrons. The third-order valence-electron chi connectivity index (χ3n) is 5.74. The number of methoxy groups -OCH3 is 2. The maximum Gasteiger partial charge on any atom is 0.254 e. The quantitative estimate of drug-likeness (QED) is 0.464. The summed E-state index contributed by atoms with van der Waals surface area (Å²) >= 11 is 0. The second-order valence-electron chi connectivity index (χ2n) is 8.85. The Morgan fingerprint density at radius 1 is 1.13 bits per heavy atom. The largest absolute Gasteiger partial charge is 0.493 e. The van der Waals surface area contributed by atoms with Crippen LogP contribution in [0.3, 0.4) is 0 Å². The highest BCUT2D eigenvalue weighted by Gasteiger charge is 2.31. The number of carbonyl (C=O) groups is 1. The monoisotopic (exact) mass is 435 g/mol. The number of ether oxygens (including phenoxy) is 3. The number of rotatable bonds is 13. The minimum atomic E-state index is 0.0295. The molecule has 176 valence electrons. The number of amides is 1. The van der Waals surface area contributed by atoms with Crippen LogP contribution >= 0.6 is 0 Å². The van der Waals surface area contributed by atoms with Crippen LogP contribution in [-0.2, 0) is 4.74 Å². The summed E-state index contributed by atoms with van der Waals surface area (Å²) in [5.41, 5.74) is 0.624. The molecule has 1 aliphatic rings. The van der Waals surface area contributed by atoms with E-state index in [0.29, 0.717) is 48.2 Å². The Hall–Kier alpha value is -1.83. The molecule has 2 atom stereocenters. The molecule has 7 nitrogen and oxygen atoms in total. The van der Waals surface area contributed by atoms with E-state index in [-0.39, 0.29) is 11.9 Å². The first-order valence-electron chi connectivity index (χ1n) is 11.4. The average molecular weight is 436 g/mol. The second-order valence-corrected chi connectivity index (χ2v) is 8.85. The highest BCUT2D eigenvalue weighted by Crippen LogP contribution is 2.29. The van der Waals surface area contributed by atoms with E-state index in [4.69, 9.17) is 14.2 Å². The standard InChI is InChI=1S/C24H41N3O4/c1-17(2)26-15-20-13-25-14-21(20)16-27(18(3)4)24(28)19-8-9-22(30-6)23(12-19)31-11-7-10-29-5/h8-9,12,17-18,20-21,25-26H,7,10-11,13-16H2,1-6H3/t20-,21-/m0/s1. The lowest BCUT2D eigenvalue weighted by Gasteiger charge is -2.32. The van der Waals surface area contributed by atoms with Gasteiger partial charge in [-0.3, -0.25) is 4.79 Å². The van der Waals surface area contributed by atoms with Crippen molar-refractivity contribution >= 4 is 5.91 Å².